The molecule has 2 aliphatic rings. The normalized spacial score (nSPS) is 29.8. The standard InChI is InChI=1S/C13H15NO3/c15-13(12-10-7-16-8-11(10)12)14-17-6-9-4-2-1-3-5-9/h1-5,10-12H,6-8H2,(H,14,15). The van der Waals surface area contributed by atoms with E-state index in [0.717, 1.165) is 18.8 Å². The molecule has 2 fully saturated rings. The molecule has 1 aliphatic heterocycles. The van der Waals surface area contributed by atoms with E-state index in [9.17, 15) is 4.79 Å². The lowest BCUT2D eigenvalue weighted by Crippen LogP contribution is -2.27. The number of amides is 1. The summed E-state index contributed by atoms with van der Waals surface area (Å²) in [7, 11) is 0. The fraction of sp³-hybridized carbons (Fsp3) is 0.462. The summed E-state index contributed by atoms with van der Waals surface area (Å²) in [5.74, 6) is 0.962. The number of hydrogen-bond donors (Lipinski definition) is 1. The summed E-state index contributed by atoms with van der Waals surface area (Å²) >= 11 is 0. The van der Waals surface area contributed by atoms with E-state index in [2.05, 4.69) is 5.48 Å². The van der Waals surface area contributed by atoms with Crippen LogP contribution in [-0.2, 0) is 21.0 Å². The minimum absolute atomic E-state index is 0.000712. The van der Waals surface area contributed by atoms with Gasteiger partial charge in [-0.05, 0) is 5.56 Å². The number of hydrogen-bond acceptors (Lipinski definition) is 3. The summed E-state index contributed by atoms with van der Waals surface area (Å²) in [4.78, 5) is 16.9. The van der Waals surface area contributed by atoms with E-state index >= 15 is 0 Å². The SMILES string of the molecule is O=C(NOCc1ccccc1)C1C2COCC21. The van der Waals surface area contributed by atoms with Crippen molar-refractivity contribution in [2.75, 3.05) is 13.2 Å². The second-order valence-electron chi connectivity index (χ2n) is 4.63. The molecule has 2 atom stereocenters. The van der Waals surface area contributed by atoms with Gasteiger partial charge in [-0.15, -0.1) is 0 Å². The van der Waals surface area contributed by atoms with Gasteiger partial charge in [-0.2, -0.15) is 0 Å². The van der Waals surface area contributed by atoms with Crippen molar-refractivity contribution >= 4 is 5.91 Å². The zero-order valence-corrected chi connectivity index (χ0v) is 9.46. The Morgan fingerprint density at radius 3 is 2.71 bits per heavy atom. The van der Waals surface area contributed by atoms with Crippen molar-refractivity contribution in [1.82, 2.24) is 5.48 Å². The van der Waals surface area contributed by atoms with Gasteiger partial charge < -0.3 is 4.74 Å². The number of fused-ring (bicyclic) bond motifs is 1. The van der Waals surface area contributed by atoms with E-state index in [1.807, 2.05) is 30.3 Å². The Hall–Kier alpha value is -1.39. The Kier molecular flexibility index (Phi) is 2.82. The zero-order valence-electron chi connectivity index (χ0n) is 9.46. The maximum absolute atomic E-state index is 11.7. The van der Waals surface area contributed by atoms with Crippen molar-refractivity contribution in [3.8, 4) is 0 Å². The molecular weight excluding hydrogens is 218 g/mol. The second-order valence-corrected chi connectivity index (χ2v) is 4.63. The Balaban J connectivity index is 1.42. The molecule has 1 amide bonds. The molecule has 90 valence electrons. The highest BCUT2D eigenvalue weighted by molar-refractivity contribution is 5.81. The molecule has 4 heteroatoms. The van der Waals surface area contributed by atoms with Crippen LogP contribution in [0.3, 0.4) is 0 Å². The van der Waals surface area contributed by atoms with Crippen LogP contribution in [0.5, 0.6) is 0 Å². The largest absolute Gasteiger partial charge is 0.381 e. The topological polar surface area (TPSA) is 47.6 Å². The summed E-state index contributed by atoms with van der Waals surface area (Å²) in [6, 6.07) is 9.78. The molecule has 2 unspecified atom stereocenters. The Labute approximate surface area is 99.9 Å². The second kappa shape index (κ2) is 4.47. The Morgan fingerprint density at radius 2 is 2.00 bits per heavy atom. The molecule has 0 radical (unpaired) electrons. The number of nitrogens with one attached hydrogen (secondary N) is 1. The van der Waals surface area contributed by atoms with Crippen LogP contribution in [0.25, 0.3) is 0 Å². The Bertz CT molecular complexity index is 396. The minimum atomic E-state index is -0.000712. The molecular formula is C13H15NO3. The van der Waals surface area contributed by atoms with Gasteiger partial charge in [-0.25, -0.2) is 5.48 Å². The maximum atomic E-state index is 11.7. The van der Waals surface area contributed by atoms with Crippen LogP contribution in [0.1, 0.15) is 5.56 Å². The maximum Gasteiger partial charge on any atom is 0.247 e. The van der Waals surface area contributed by atoms with E-state index in [-0.39, 0.29) is 11.8 Å². The molecule has 3 rings (SSSR count). The highest BCUT2D eigenvalue weighted by atomic mass is 16.6. The average Bonchev–Trinajstić information content (AvgIpc) is 2.84. The van der Waals surface area contributed by atoms with Gasteiger partial charge in [-0.3, -0.25) is 9.63 Å². The van der Waals surface area contributed by atoms with Crippen molar-refractivity contribution in [2.24, 2.45) is 17.8 Å². The van der Waals surface area contributed by atoms with E-state index in [1.165, 1.54) is 0 Å². The molecule has 17 heavy (non-hydrogen) atoms. The van der Waals surface area contributed by atoms with E-state index in [4.69, 9.17) is 9.57 Å². The number of rotatable bonds is 4. The van der Waals surface area contributed by atoms with Gasteiger partial charge in [-0.1, -0.05) is 30.3 Å². The lowest BCUT2D eigenvalue weighted by molar-refractivity contribution is -0.137. The number of carbonyl (C=O) groups is 1. The predicted octanol–water partition coefficient (Wildman–Crippen LogP) is 1.13. The summed E-state index contributed by atoms with van der Waals surface area (Å²) in [5, 5.41) is 0. The number of hydroxylamine groups is 1. The van der Waals surface area contributed by atoms with Crippen LogP contribution in [0.15, 0.2) is 30.3 Å². The zero-order chi connectivity index (χ0) is 11.7. The molecule has 4 nitrogen and oxygen atoms in total. The van der Waals surface area contributed by atoms with Crippen LogP contribution in [0, 0.1) is 17.8 Å². The van der Waals surface area contributed by atoms with Gasteiger partial charge in [0, 0.05) is 11.8 Å². The van der Waals surface area contributed by atoms with Gasteiger partial charge in [0.05, 0.1) is 25.7 Å². The van der Waals surface area contributed by atoms with Crippen molar-refractivity contribution < 1.29 is 14.4 Å². The van der Waals surface area contributed by atoms with Gasteiger partial charge in [0.1, 0.15) is 0 Å². The average molecular weight is 233 g/mol. The first-order valence-electron chi connectivity index (χ1n) is 5.89. The van der Waals surface area contributed by atoms with Gasteiger partial charge >= 0.3 is 0 Å². The smallest absolute Gasteiger partial charge is 0.247 e. The molecule has 0 bridgehead atoms. The number of carbonyl (C=O) groups excluding carboxylic acids is 1. The summed E-state index contributed by atoms with van der Waals surface area (Å²) in [6.45, 7) is 1.86. The van der Waals surface area contributed by atoms with Crippen LogP contribution in [0.2, 0.25) is 0 Å². The first-order valence-corrected chi connectivity index (χ1v) is 5.89. The molecule has 1 heterocycles. The fourth-order valence-corrected chi connectivity index (χ4v) is 2.46. The highest BCUT2D eigenvalue weighted by Gasteiger charge is 2.58. The van der Waals surface area contributed by atoms with E-state index in [0.29, 0.717) is 18.4 Å². The first-order chi connectivity index (χ1) is 8.36. The Morgan fingerprint density at radius 1 is 1.29 bits per heavy atom. The molecule has 1 aromatic rings. The van der Waals surface area contributed by atoms with Crippen molar-refractivity contribution in [3.63, 3.8) is 0 Å². The first kappa shape index (κ1) is 10.7. The number of ether oxygens (including phenoxy) is 1. The van der Waals surface area contributed by atoms with Crippen molar-refractivity contribution in [1.29, 1.82) is 0 Å². The predicted molar refractivity (Wildman–Crippen MR) is 60.7 cm³/mol. The molecule has 1 saturated carbocycles. The molecule has 0 spiro atoms. The molecule has 1 aromatic carbocycles. The summed E-state index contributed by atoms with van der Waals surface area (Å²) < 4.78 is 5.24. The third-order valence-corrected chi connectivity index (χ3v) is 3.51. The molecule has 0 aromatic heterocycles. The lowest BCUT2D eigenvalue weighted by Gasteiger charge is -2.07. The minimum Gasteiger partial charge on any atom is -0.381 e. The number of benzene rings is 1. The third-order valence-electron chi connectivity index (χ3n) is 3.51. The lowest BCUT2D eigenvalue weighted by atomic mass is 10.2. The van der Waals surface area contributed by atoms with E-state index < -0.39 is 0 Å². The monoisotopic (exact) mass is 233 g/mol. The molecule has 1 aliphatic carbocycles. The van der Waals surface area contributed by atoms with Gasteiger partial charge in [0.2, 0.25) is 5.91 Å². The van der Waals surface area contributed by atoms with Crippen LogP contribution in [-0.4, -0.2) is 19.1 Å². The highest BCUT2D eigenvalue weighted by Crippen LogP contribution is 2.50. The third kappa shape index (κ3) is 2.18. The van der Waals surface area contributed by atoms with Gasteiger partial charge in [0.25, 0.3) is 0 Å². The van der Waals surface area contributed by atoms with E-state index in [1.54, 1.807) is 0 Å². The summed E-state index contributed by atoms with van der Waals surface area (Å²) in [5.41, 5.74) is 3.58. The molecule has 1 N–H and O–H groups in total. The van der Waals surface area contributed by atoms with Crippen molar-refractivity contribution in [2.45, 2.75) is 6.61 Å². The molecule has 1 saturated heterocycles. The fourth-order valence-electron chi connectivity index (χ4n) is 2.46. The summed E-state index contributed by atoms with van der Waals surface area (Å²) in [6.07, 6.45) is 0. The van der Waals surface area contributed by atoms with Crippen LogP contribution >= 0.6 is 0 Å². The van der Waals surface area contributed by atoms with Crippen LogP contribution in [0.4, 0.5) is 0 Å². The van der Waals surface area contributed by atoms with Crippen molar-refractivity contribution in [3.05, 3.63) is 35.9 Å². The van der Waals surface area contributed by atoms with Crippen LogP contribution < -0.4 is 5.48 Å². The quantitative estimate of drug-likeness (QED) is 0.793. The van der Waals surface area contributed by atoms with Gasteiger partial charge in [0.15, 0.2) is 0 Å².